The summed E-state index contributed by atoms with van der Waals surface area (Å²) in [7, 11) is -5.03. The molecule has 49 heavy (non-hydrogen) atoms. The molecule has 5 rings (SSSR count). The molecule has 20 heteroatoms. The molecule has 2 fully saturated rings. The molecule has 1 aromatic heterocycles. The first-order chi connectivity index (χ1) is 22.8. The monoisotopic (exact) mass is 722 g/mol. The number of carboxylic acids is 1. The molecule has 0 radical (unpaired) electrons. The largest absolute Gasteiger partial charge is 0.485 e. The fourth-order valence-corrected chi connectivity index (χ4v) is 6.60. The first-order valence-electron chi connectivity index (χ1n) is 15.2. The van der Waals surface area contributed by atoms with Crippen molar-refractivity contribution < 1.29 is 46.3 Å². The maximum Gasteiger partial charge on any atom is 0.418 e. The number of anilines is 1. The summed E-state index contributed by atoms with van der Waals surface area (Å²) in [5, 5.41) is 21.7. The summed E-state index contributed by atoms with van der Waals surface area (Å²) in [4.78, 5) is 52.9. The van der Waals surface area contributed by atoms with Gasteiger partial charge in [-0.25, -0.2) is 9.78 Å². The summed E-state index contributed by atoms with van der Waals surface area (Å²) < 4.78 is 41.7. The van der Waals surface area contributed by atoms with Crippen LogP contribution in [0.4, 0.5) is 5.13 Å². The molecule has 2 amide bonds. The number of carbonyl (C=O) groups is 3. The van der Waals surface area contributed by atoms with Gasteiger partial charge in [0.25, 0.3) is 17.4 Å². The number of rotatable bonds is 13. The number of benzene rings is 1. The Morgan fingerprint density at radius 2 is 2.02 bits per heavy atom. The topological polar surface area (TPSA) is 270 Å². The maximum atomic E-state index is 13.4. The van der Waals surface area contributed by atoms with Crippen LogP contribution in [-0.2, 0) is 40.3 Å². The van der Waals surface area contributed by atoms with Crippen LogP contribution in [0, 0.1) is 5.41 Å². The number of carbonyl (C=O) groups excluding carboxylic acids is 2. The van der Waals surface area contributed by atoms with Gasteiger partial charge >= 0.3 is 16.4 Å². The number of carboxylic acid groups (broad SMARTS) is 1. The number of aliphatic carboxylic acids is 1. The number of amides is 2. The van der Waals surface area contributed by atoms with Crippen molar-refractivity contribution in [2.45, 2.75) is 70.2 Å². The quantitative estimate of drug-likeness (QED) is 0.0531. The molecule has 8 N–H and O–H groups in total. The van der Waals surface area contributed by atoms with Crippen molar-refractivity contribution in [3.05, 3.63) is 40.4 Å². The lowest BCUT2D eigenvalue weighted by Gasteiger charge is -2.50. The number of fused-ring (bicyclic) bond motifs is 1. The third-order valence-electron chi connectivity index (χ3n) is 8.87. The van der Waals surface area contributed by atoms with Gasteiger partial charge in [-0.2, -0.15) is 13.5 Å². The van der Waals surface area contributed by atoms with Crippen LogP contribution in [0.3, 0.4) is 0 Å². The number of aliphatic imine (C=N–C) groups is 1. The average molecular weight is 723 g/mol. The second-order valence-electron chi connectivity index (χ2n) is 13.1. The van der Waals surface area contributed by atoms with Gasteiger partial charge in [-0.05, 0) is 69.2 Å². The zero-order valence-corrected chi connectivity index (χ0v) is 28.8. The Kier molecular flexibility index (Phi) is 9.65. The normalized spacial score (nSPS) is 22.9. The number of amidine groups is 1. The van der Waals surface area contributed by atoms with E-state index in [0.717, 1.165) is 42.0 Å². The van der Waals surface area contributed by atoms with Gasteiger partial charge in [0, 0.05) is 30.6 Å². The first-order valence-corrected chi connectivity index (χ1v) is 17.4. The molecule has 3 atom stereocenters. The van der Waals surface area contributed by atoms with Crippen molar-refractivity contribution in [1.29, 1.82) is 0 Å². The zero-order valence-electron chi connectivity index (χ0n) is 27.1. The highest BCUT2D eigenvalue weighted by Gasteiger charge is 2.58. The third kappa shape index (κ3) is 7.47. The van der Waals surface area contributed by atoms with Crippen LogP contribution in [0.25, 0.3) is 0 Å². The number of aryl methyl sites for hydroxylation is 1. The van der Waals surface area contributed by atoms with E-state index >= 15 is 0 Å². The Labute approximate surface area is 285 Å². The van der Waals surface area contributed by atoms with Gasteiger partial charge in [-0.3, -0.25) is 19.1 Å². The molecular weight excluding hydrogens is 684 g/mol. The van der Waals surface area contributed by atoms with Crippen LogP contribution >= 0.6 is 11.3 Å². The van der Waals surface area contributed by atoms with Crippen LogP contribution in [0.5, 0.6) is 5.75 Å². The minimum Gasteiger partial charge on any atom is -0.485 e. The Bertz CT molecular complexity index is 1820. The number of aromatic nitrogens is 1. The predicted molar refractivity (Wildman–Crippen MR) is 176 cm³/mol. The summed E-state index contributed by atoms with van der Waals surface area (Å²) in [6, 6.07) is 3.95. The fourth-order valence-electron chi connectivity index (χ4n) is 5.60. The maximum absolute atomic E-state index is 13.4. The van der Waals surface area contributed by atoms with Crippen LogP contribution in [0.15, 0.2) is 33.7 Å². The third-order valence-corrected chi connectivity index (χ3v) is 9.88. The summed E-state index contributed by atoms with van der Waals surface area (Å²) in [6.07, 6.45) is 0.472. The number of ether oxygens (including phenoxy) is 1. The first kappa shape index (κ1) is 35.9. The standard InChI is InChI=1S/C29H38N8O10S2/c1-27(2)21(24(39)37(27)47-49(42,43)44)35-23(38)20(17-12-48-26(31)34-17)36-46-29(4,25(40)41)19-8-6-15-11-16(5-7-18(15)45-19)22(30)33-10-9-28(3)13-32-14-28/h5,7,11-12,19,21,32H,6,8-10,13-14H2,1-4H3,(H2,30,33)(H2,31,34)(H,35,38)(H,40,41)(H,42,43,44)/b36-20-/t19-,21-,29+/m1/s1. The molecule has 266 valence electrons. The number of nitrogens with one attached hydrogen (secondary N) is 2. The lowest BCUT2D eigenvalue weighted by Crippen LogP contribution is -2.76. The van der Waals surface area contributed by atoms with Crippen molar-refractivity contribution in [1.82, 2.24) is 20.7 Å². The average Bonchev–Trinajstić information content (AvgIpc) is 3.45. The molecule has 3 aliphatic heterocycles. The number of hydroxylamine groups is 2. The fraction of sp³-hybridized carbons (Fsp3) is 0.517. The molecule has 2 saturated heterocycles. The smallest absolute Gasteiger partial charge is 0.418 e. The van der Waals surface area contributed by atoms with Gasteiger partial charge in [0.1, 0.15) is 23.3 Å². The number of hydrogen-bond donors (Lipinski definition) is 6. The highest BCUT2D eigenvalue weighted by molar-refractivity contribution is 7.80. The molecule has 0 spiro atoms. The van der Waals surface area contributed by atoms with Gasteiger partial charge in [0.15, 0.2) is 16.9 Å². The van der Waals surface area contributed by atoms with Crippen LogP contribution in [0.2, 0.25) is 0 Å². The van der Waals surface area contributed by atoms with Crippen molar-refractivity contribution in [3.8, 4) is 5.75 Å². The van der Waals surface area contributed by atoms with E-state index in [0.29, 0.717) is 29.6 Å². The molecule has 4 heterocycles. The minimum absolute atomic E-state index is 0.0616. The van der Waals surface area contributed by atoms with E-state index in [-0.39, 0.29) is 22.7 Å². The minimum atomic E-state index is -5.03. The van der Waals surface area contributed by atoms with E-state index < -0.39 is 57.2 Å². The van der Waals surface area contributed by atoms with Crippen LogP contribution < -0.4 is 26.8 Å². The van der Waals surface area contributed by atoms with Gasteiger partial charge < -0.3 is 36.8 Å². The number of nitrogens with zero attached hydrogens (tertiary/aromatic N) is 4. The van der Waals surface area contributed by atoms with Gasteiger partial charge in [0.2, 0.25) is 0 Å². The van der Waals surface area contributed by atoms with Gasteiger partial charge in [0.05, 0.1) is 5.54 Å². The van der Waals surface area contributed by atoms with E-state index in [2.05, 4.69) is 37.0 Å². The summed E-state index contributed by atoms with van der Waals surface area (Å²) in [5.74, 6) is -2.62. The summed E-state index contributed by atoms with van der Waals surface area (Å²) >= 11 is 0.967. The van der Waals surface area contributed by atoms with Crippen LogP contribution in [-0.4, -0.2) is 100 Å². The molecule has 0 unspecified atom stereocenters. The van der Waals surface area contributed by atoms with E-state index in [1.165, 1.54) is 26.2 Å². The highest BCUT2D eigenvalue weighted by Crippen LogP contribution is 2.35. The number of β-lactam (4-membered cyclic amide) rings is 1. The van der Waals surface area contributed by atoms with Crippen molar-refractivity contribution in [3.63, 3.8) is 0 Å². The number of oxime groups is 1. The highest BCUT2D eigenvalue weighted by atomic mass is 32.3. The van der Waals surface area contributed by atoms with Crippen LogP contribution in [0.1, 0.15) is 57.4 Å². The van der Waals surface area contributed by atoms with Gasteiger partial charge in [-0.1, -0.05) is 12.1 Å². The lowest BCUT2D eigenvalue weighted by atomic mass is 9.81. The molecule has 2 aromatic rings. The van der Waals surface area contributed by atoms with Gasteiger partial charge in [-0.15, -0.1) is 15.6 Å². The number of nitrogens with two attached hydrogens (primary N) is 2. The lowest BCUT2D eigenvalue weighted by molar-refractivity contribution is -0.218. The number of hydrogen-bond acceptors (Lipinski definition) is 14. The SMILES string of the molecule is CC1(CCN=C(N)c2ccc3c(c2)CC[C@H]([C@](C)(O/N=C(\C(=O)N[C@@H]2C(=O)N(OS(=O)(=O)O)C2(C)C)c2csc(N)n2)C(=O)O)O3)CNC1. The number of thiazole rings is 1. The van der Waals surface area contributed by atoms with Crippen molar-refractivity contribution >= 4 is 56.2 Å². The Morgan fingerprint density at radius 1 is 1.31 bits per heavy atom. The molecule has 0 bridgehead atoms. The van der Waals surface area contributed by atoms with Crippen molar-refractivity contribution in [2.24, 2.45) is 21.3 Å². The summed E-state index contributed by atoms with van der Waals surface area (Å²) in [5.41, 5.74) is 9.63. The second-order valence-corrected chi connectivity index (χ2v) is 15.0. The molecule has 0 aliphatic carbocycles. The molecule has 1 aromatic carbocycles. The summed E-state index contributed by atoms with van der Waals surface area (Å²) in [6.45, 7) is 8.69. The Morgan fingerprint density at radius 3 is 2.59 bits per heavy atom. The zero-order chi connectivity index (χ0) is 35.9. The molecular formula is C29H38N8O10S2. The van der Waals surface area contributed by atoms with E-state index in [1.54, 1.807) is 12.1 Å². The molecule has 18 nitrogen and oxygen atoms in total. The van der Waals surface area contributed by atoms with E-state index in [4.69, 9.17) is 25.6 Å². The van der Waals surface area contributed by atoms with E-state index in [9.17, 15) is 27.9 Å². The molecule has 3 aliphatic rings. The second kappa shape index (κ2) is 13.2. The Hall–Kier alpha value is -4.37. The predicted octanol–water partition coefficient (Wildman–Crippen LogP) is 0.228. The number of nitrogen functional groups attached to an aromatic ring is 1. The van der Waals surface area contributed by atoms with E-state index in [1.807, 2.05) is 6.07 Å². The Balaban J connectivity index is 1.32. The van der Waals surface area contributed by atoms with Crippen molar-refractivity contribution in [2.75, 3.05) is 25.4 Å². The molecule has 0 saturated carbocycles.